The van der Waals surface area contributed by atoms with Crippen molar-refractivity contribution in [3.8, 4) is 0 Å². The maximum absolute atomic E-state index is 4.50. The molecule has 1 aliphatic rings. The molecule has 3 rings (SSSR count). The zero-order valence-corrected chi connectivity index (χ0v) is 19.5. The number of rotatable bonds is 2. The van der Waals surface area contributed by atoms with Gasteiger partial charge in [0.1, 0.15) is 0 Å². The molecule has 0 aliphatic heterocycles. The van der Waals surface area contributed by atoms with Crippen molar-refractivity contribution in [2.45, 2.75) is 34.6 Å². The molecule has 0 saturated carbocycles. The first-order chi connectivity index (χ1) is 12.0. The van der Waals surface area contributed by atoms with Gasteiger partial charge in [-0.05, 0) is 38.8 Å². The maximum atomic E-state index is 4.50. The summed E-state index contributed by atoms with van der Waals surface area (Å²) in [5.74, 6) is 1.47. The van der Waals surface area contributed by atoms with Crippen LogP contribution in [0.1, 0.15) is 34.6 Å². The summed E-state index contributed by atoms with van der Waals surface area (Å²) < 4.78 is 9.00. The standard InChI is InChI=1S/C10H15.2C6H5N.CH3.W/c1-6-7(2)9(4)10(5)8(6)3;2*7-6-4-2-1-3-5-6;;/h1-5H3;2*1-5H;1H3;/q;;;-1;. The molecule has 0 bridgehead atoms. The fraction of sp³-hybridized carbons (Fsp3) is 0.217. The van der Waals surface area contributed by atoms with Gasteiger partial charge in [-0.25, -0.2) is 0 Å². The van der Waals surface area contributed by atoms with E-state index in [1.54, 1.807) is 0 Å². The molecular weight excluding hydrogens is 488 g/mol. The number of hydrogen-bond donors (Lipinski definition) is 0. The quantitative estimate of drug-likeness (QED) is 0.364. The van der Waals surface area contributed by atoms with Crippen LogP contribution < -0.4 is 0 Å². The van der Waals surface area contributed by atoms with E-state index in [1.807, 2.05) is 60.7 Å². The van der Waals surface area contributed by atoms with Crippen LogP contribution in [-0.4, -0.2) is 0 Å². The number of allylic oxidation sites excluding steroid dienone is 4. The summed E-state index contributed by atoms with van der Waals surface area (Å²) >= 11 is -0.978. The molecule has 1 aliphatic carbocycles. The van der Waals surface area contributed by atoms with Gasteiger partial charge in [-0.1, -0.05) is 18.1 Å². The Morgan fingerprint density at radius 1 is 0.538 bits per heavy atom. The van der Waals surface area contributed by atoms with Gasteiger partial charge in [-0.2, -0.15) is 0 Å². The van der Waals surface area contributed by atoms with E-state index in [2.05, 4.69) is 41.6 Å². The van der Waals surface area contributed by atoms with Crippen molar-refractivity contribution in [2.75, 3.05) is 0 Å². The fourth-order valence-electron chi connectivity index (χ4n) is 2.50. The van der Waals surface area contributed by atoms with Crippen LogP contribution in [0.5, 0.6) is 0 Å². The van der Waals surface area contributed by atoms with Gasteiger partial charge in [0.05, 0.1) is 0 Å². The Morgan fingerprint density at radius 2 is 0.885 bits per heavy atom. The summed E-state index contributed by atoms with van der Waals surface area (Å²) in [6, 6.07) is 20.1. The van der Waals surface area contributed by atoms with E-state index in [9.17, 15) is 0 Å². The SMILES string of the molecule is C[C]1C(C)=C(C)C(C)=C1C.[CH3-].c1ccc([N]=[W]=[N]c2ccccc2)cc1. The van der Waals surface area contributed by atoms with Crippen LogP contribution in [0, 0.1) is 13.3 Å². The van der Waals surface area contributed by atoms with E-state index in [0.717, 1.165) is 11.4 Å². The summed E-state index contributed by atoms with van der Waals surface area (Å²) in [5.41, 5.74) is 7.96. The molecule has 137 valence electrons. The molecule has 0 heterocycles. The van der Waals surface area contributed by atoms with E-state index in [1.165, 1.54) is 28.2 Å². The molecule has 0 spiro atoms. The summed E-state index contributed by atoms with van der Waals surface area (Å²) in [6.07, 6.45) is 0. The third kappa shape index (κ3) is 6.18. The topological polar surface area (TPSA) is 24.7 Å². The Bertz CT molecular complexity index is 760. The minimum absolute atomic E-state index is 0. The molecule has 0 saturated heterocycles. The zero-order chi connectivity index (χ0) is 18.2. The molecular formula is C23H28N2W-. The van der Waals surface area contributed by atoms with Crippen LogP contribution in [0.2, 0.25) is 0 Å². The van der Waals surface area contributed by atoms with Crippen LogP contribution in [0.25, 0.3) is 0 Å². The van der Waals surface area contributed by atoms with Gasteiger partial charge < -0.3 is 7.43 Å². The van der Waals surface area contributed by atoms with Gasteiger partial charge in [-0.15, -0.1) is 0 Å². The van der Waals surface area contributed by atoms with E-state index in [0.29, 0.717) is 0 Å². The van der Waals surface area contributed by atoms with E-state index in [-0.39, 0.29) is 7.43 Å². The van der Waals surface area contributed by atoms with E-state index in [4.69, 9.17) is 0 Å². The Hall–Kier alpha value is -1.79. The second-order valence-electron chi connectivity index (χ2n) is 6.06. The Morgan fingerprint density at radius 3 is 1.15 bits per heavy atom. The molecule has 0 aromatic heterocycles. The zero-order valence-electron chi connectivity index (χ0n) is 16.6. The minimum atomic E-state index is -0.978. The van der Waals surface area contributed by atoms with Crippen LogP contribution in [0.15, 0.2) is 89.9 Å². The van der Waals surface area contributed by atoms with Crippen LogP contribution in [0.3, 0.4) is 0 Å². The summed E-state index contributed by atoms with van der Waals surface area (Å²) in [7, 11) is 0. The summed E-state index contributed by atoms with van der Waals surface area (Å²) in [4.78, 5) is 0. The molecule has 26 heavy (non-hydrogen) atoms. The molecule has 0 atom stereocenters. The van der Waals surface area contributed by atoms with Gasteiger partial charge >= 0.3 is 97.2 Å². The van der Waals surface area contributed by atoms with Crippen molar-refractivity contribution in [2.24, 2.45) is 6.99 Å². The normalized spacial score (nSPS) is 13.6. The van der Waals surface area contributed by atoms with Gasteiger partial charge in [0.2, 0.25) is 0 Å². The average molecular weight is 516 g/mol. The van der Waals surface area contributed by atoms with Crippen LogP contribution in [0.4, 0.5) is 11.4 Å². The predicted molar refractivity (Wildman–Crippen MR) is 109 cm³/mol. The predicted octanol–water partition coefficient (Wildman–Crippen LogP) is 7.82. The first-order valence-corrected chi connectivity index (χ1v) is 11.0. The molecule has 3 heteroatoms. The fourth-order valence-corrected chi connectivity index (χ4v) is 4.20. The second kappa shape index (κ2) is 11.0. The van der Waals surface area contributed by atoms with Crippen molar-refractivity contribution in [3.63, 3.8) is 0 Å². The van der Waals surface area contributed by atoms with Crippen LogP contribution >= 0.6 is 0 Å². The van der Waals surface area contributed by atoms with Crippen molar-refractivity contribution in [1.29, 1.82) is 0 Å². The average Bonchev–Trinajstić information content (AvgIpc) is 2.82. The Kier molecular flexibility index (Phi) is 9.44. The molecule has 2 aromatic carbocycles. The first kappa shape index (κ1) is 22.2. The van der Waals surface area contributed by atoms with Crippen molar-refractivity contribution >= 4 is 11.4 Å². The Labute approximate surface area is 167 Å². The first-order valence-electron chi connectivity index (χ1n) is 8.38. The van der Waals surface area contributed by atoms with Crippen LogP contribution in [-0.2, 0) is 18.2 Å². The third-order valence-electron chi connectivity index (χ3n) is 4.62. The van der Waals surface area contributed by atoms with Gasteiger partial charge in [0.15, 0.2) is 0 Å². The molecule has 0 fully saturated rings. The van der Waals surface area contributed by atoms with Crippen molar-refractivity contribution in [3.05, 3.63) is 96.3 Å². The number of benzene rings is 2. The monoisotopic (exact) mass is 516 g/mol. The van der Waals surface area contributed by atoms with Gasteiger partial charge in [0.25, 0.3) is 0 Å². The summed E-state index contributed by atoms with van der Waals surface area (Å²) in [6.45, 7) is 11.0. The number of nitrogens with zero attached hydrogens (tertiary/aromatic N) is 2. The molecule has 2 aromatic rings. The van der Waals surface area contributed by atoms with Crippen molar-refractivity contribution in [1.82, 2.24) is 0 Å². The van der Waals surface area contributed by atoms with Crippen molar-refractivity contribution < 1.29 is 18.2 Å². The van der Waals surface area contributed by atoms with Gasteiger partial charge in [0, 0.05) is 5.92 Å². The van der Waals surface area contributed by atoms with E-state index >= 15 is 0 Å². The molecule has 0 N–H and O–H groups in total. The Balaban J connectivity index is 0.000000270. The van der Waals surface area contributed by atoms with E-state index < -0.39 is 18.2 Å². The number of hydrogen-bond acceptors (Lipinski definition) is 2. The third-order valence-corrected chi connectivity index (χ3v) is 6.72. The summed E-state index contributed by atoms with van der Waals surface area (Å²) in [5, 5.41) is 0. The molecule has 1 radical (unpaired) electrons. The second-order valence-corrected chi connectivity index (χ2v) is 7.96. The molecule has 2 nitrogen and oxygen atoms in total. The molecule has 0 amide bonds. The molecule has 0 unspecified atom stereocenters. The van der Waals surface area contributed by atoms with Gasteiger partial charge in [-0.3, -0.25) is 0 Å².